The minimum atomic E-state index is -4.38. The number of sulfone groups is 1. The Balaban J connectivity index is 0.00000784. The molecule has 0 aliphatic heterocycles. The van der Waals surface area contributed by atoms with Crippen molar-refractivity contribution in [2.75, 3.05) is 25.4 Å². The number of alkyl halides is 3. The molecule has 0 radical (unpaired) electrons. The maximum Gasteiger partial charge on any atom is 0.422 e. The lowest BCUT2D eigenvalue weighted by molar-refractivity contribution is -0.153. The zero-order valence-electron chi connectivity index (χ0n) is 17.0. The number of ether oxygens (including phenoxy) is 1. The van der Waals surface area contributed by atoms with E-state index in [-0.39, 0.29) is 48.6 Å². The maximum atomic E-state index is 12.1. The van der Waals surface area contributed by atoms with E-state index >= 15 is 0 Å². The molecule has 0 aromatic heterocycles. The highest BCUT2D eigenvalue weighted by Crippen LogP contribution is 2.19. The summed E-state index contributed by atoms with van der Waals surface area (Å²) >= 11 is 0. The first-order chi connectivity index (χ1) is 12.8. The topological polar surface area (TPSA) is 79.8 Å². The molecule has 1 aromatic carbocycles. The van der Waals surface area contributed by atoms with E-state index in [4.69, 9.17) is 0 Å². The van der Waals surface area contributed by atoms with Crippen molar-refractivity contribution in [2.45, 2.75) is 45.2 Å². The summed E-state index contributed by atoms with van der Waals surface area (Å²) in [5, 5.41) is 6.00. The van der Waals surface area contributed by atoms with Crippen LogP contribution in [0.2, 0.25) is 0 Å². The molecule has 1 rings (SSSR count). The highest BCUT2D eigenvalue weighted by atomic mass is 127. The van der Waals surface area contributed by atoms with E-state index < -0.39 is 27.4 Å². The quantitative estimate of drug-likeness (QED) is 0.294. The van der Waals surface area contributed by atoms with Crippen LogP contribution in [0.1, 0.15) is 33.3 Å². The lowest BCUT2D eigenvalue weighted by atomic mass is 10.2. The van der Waals surface area contributed by atoms with Crippen LogP contribution in [0, 0.1) is 0 Å². The fourth-order valence-corrected chi connectivity index (χ4v) is 2.96. The molecule has 6 nitrogen and oxygen atoms in total. The largest absolute Gasteiger partial charge is 0.484 e. The Bertz CT molecular complexity index is 746. The van der Waals surface area contributed by atoms with Crippen molar-refractivity contribution in [3.63, 3.8) is 0 Å². The molecule has 1 aromatic rings. The third kappa shape index (κ3) is 10.9. The summed E-state index contributed by atoms with van der Waals surface area (Å²) in [5.41, 5.74) is 0.777. The average Bonchev–Trinajstić information content (AvgIpc) is 2.57. The third-order valence-corrected chi connectivity index (χ3v) is 6.29. The molecule has 0 unspecified atom stereocenters. The molecule has 0 saturated heterocycles. The predicted molar refractivity (Wildman–Crippen MR) is 120 cm³/mol. The summed E-state index contributed by atoms with van der Waals surface area (Å²) in [7, 11) is -3.24. The molecule has 0 heterocycles. The van der Waals surface area contributed by atoms with Gasteiger partial charge in [0.2, 0.25) is 0 Å². The van der Waals surface area contributed by atoms with Crippen molar-refractivity contribution in [2.24, 2.45) is 4.99 Å². The van der Waals surface area contributed by atoms with E-state index in [0.717, 1.165) is 5.56 Å². The minimum absolute atomic E-state index is 0. The summed E-state index contributed by atoms with van der Waals surface area (Å²) in [6, 6.07) is 6.16. The number of rotatable bonds is 8. The Kier molecular flexibility index (Phi) is 11.3. The zero-order chi connectivity index (χ0) is 21.4. The van der Waals surface area contributed by atoms with Gasteiger partial charge in [-0.15, -0.1) is 24.0 Å². The van der Waals surface area contributed by atoms with Crippen LogP contribution in [0.15, 0.2) is 29.3 Å². The van der Waals surface area contributed by atoms with Crippen molar-refractivity contribution in [1.82, 2.24) is 10.6 Å². The standard InChI is InChI=1S/C18H28F3N3O3S.HI/c1-5-22-16(23-10-11-28(25,26)17(2,3)4)24-12-14-6-8-15(9-7-14)27-13-18(19,20)21;/h6-9H,5,10-13H2,1-4H3,(H2,22,23,24);1H. The fraction of sp³-hybridized carbons (Fsp3) is 0.611. The number of nitrogens with one attached hydrogen (secondary N) is 2. The van der Waals surface area contributed by atoms with Crippen LogP contribution in [0.4, 0.5) is 13.2 Å². The SMILES string of the molecule is CCNC(=NCc1ccc(OCC(F)(F)F)cc1)NCCS(=O)(=O)C(C)(C)C.I. The van der Waals surface area contributed by atoms with E-state index in [1.807, 2.05) is 6.92 Å². The summed E-state index contributed by atoms with van der Waals surface area (Å²) in [6.45, 7) is 6.61. The summed E-state index contributed by atoms with van der Waals surface area (Å²) in [4.78, 5) is 4.36. The van der Waals surface area contributed by atoms with E-state index in [1.165, 1.54) is 12.1 Å². The van der Waals surface area contributed by atoms with Gasteiger partial charge in [0.25, 0.3) is 0 Å². The lowest BCUT2D eigenvalue weighted by Gasteiger charge is -2.19. The van der Waals surface area contributed by atoms with E-state index in [0.29, 0.717) is 12.5 Å². The van der Waals surface area contributed by atoms with Gasteiger partial charge >= 0.3 is 6.18 Å². The maximum absolute atomic E-state index is 12.1. The van der Waals surface area contributed by atoms with Gasteiger partial charge in [-0.3, -0.25) is 0 Å². The third-order valence-electron chi connectivity index (χ3n) is 3.69. The summed E-state index contributed by atoms with van der Waals surface area (Å²) < 4.78 is 64.6. The van der Waals surface area contributed by atoms with Crippen LogP contribution in [0.5, 0.6) is 5.75 Å². The van der Waals surface area contributed by atoms with Gasteiger partial charge in [-0.05, 0) is 45.4 Å². The predicted octanol–water partition coefficient (Wildman–Crippen LogP) is 3.51. The normalized spacial score (nSPS) is 12.9. The fourth-order valence-electron chi connectivity index (χ4n) is 1.98. The zero-order valence-corrected chi connectivity index (χ0v) is 20.1. The molecular formula is C18H29F3IN3O3S. The number of aliphatic imine (C=N–C) groups is 1. The Labute approximate surface area is 187 Å². The molecule has 0 amide bonds. The number of hydrogen-bond acceptors (Lipinski definition) is 4. The molecule has 0 saturated carbocycles. The van der Waals surface area contributed by atoms with Gasteiger partial charge in [0.1, 0.15) is 5.75 Å². The van der Waals surface area contributed by atoms with Gasteiger partial charge in [-0.25, -0.2) is 13.4 Å². The molecule has 0 atom stereocenters. The second kappa shape index (κ2) is 11.8. The van der Waals surface area contributed by atoms with Crippen molar-refractivity contribution < 1.29 is 26.3 Å². The molecule has 0 spiro atoms. The highest BCUT2D eigenvalue weighted by Gasteiger charge is 2.29. The van der Waals surface area contributed by atoms with Gasteiger partial charge < -0.3 is 15.4 Å². The van der Waals surface area contributed by atoms with Gasteiger partial charge in [0.15, 0.2) is 22.4 Å². The van der Waals surface area contributed by atoms with E-state index in [2.05, 4.69) is 20.4 Å². The Morgan fingerprint density at radius 3 is 2.17 bits per heavy atom. The molecule has 168 valence electrons. The number of benzene rings is 1. The summed E-state index contributed by atoms with van der Waals surface area (Å²) in [6.07, 6.45) is -4.38. The lowest BCUT2D eigenvalue weighted by Crippen LogP contribution is -2.41. The number of nitrogens with zero attached hydrogens (tertiary/aromatic N) is 1. The molecule has 0 aliphatic rings. The number of guanidine groups is 1. The van der Waals surface area contributed by atoms with Gasteiger partial charge in [-0.2, -0.15) is 13.2 Å². The Hall–Kier alpha value is -1.24. The van der Waals surface area contributed by atoms with E-state index in [1.54, 1.807) is 32.9 Å². The molecule has 29 heavy (non-hydrogen) atoms. The van der Waals surface area contributed by atoms with Crippen molar-refractivity contribution in [3.05, 3.63) is 29.8 Å². The minimum Gasteiger partial charge on any atom is -0.484 e. The monoisotopic (exact) mass is 551 g/mol. The van der Waals surface area contributed by atoms with Crippen LogP contribution in [0.3, 0.4) is 0 Å². The highest BCUT2D eigenvalue weighted by molar-refractivity contribution is 14.0. The second-order valence-corrected chi connectivity index (χ2v) is 9.96. The molecule has 0 fully saturated rings. The van der Waals surface area contributed by atoms with Crippen molar-refractivity contribution in [1.29, 1.82) is 0 Å². The van der Waals surface area contributed by atoms with Gasteiger partial charge in [-0.1, -0.05) is 12.1 Å². The second-order valence-electron chi connectivity index (χ2n) is 7.10. The van der Waals surface area contributed by atoms with Crippen molar-refractivity contribution >= 4 is 39.8 Å². The first kappa shape index (κ1) is 27.8. The van der Waals surface area contributed by atoms with Gasteiger partial charge in [0, 0.05) is 13.1 Å². The first-order valence-electron chi connectivity index (χ1n) is 8.87. The molecular weight excluding hydrogens is 522 g/mol. The Morgan fingerprint density at radius 2 is 1.69 bits per heavy atom. The van der Waals surface area contributed by atoms with Crippen LogP contribution < -0.4 is 15.4 Å². The van der Waals surface area contributed by atoms with Crippen molar-refractivity contribution in [3.8, 4) is 5.75 Å². The molecule has 2 N–H and O–H groups in total. The molecule has 11 heteroatoms. The summed E-state index contributed by atoms with van der Waals surface area (Å²) in [5.74, 6) is 0.568. The van der Waals surface area contributed by atoms with Crippen LogP contribution in [-0.4, -0.2) is 50.7 Å². The van der Waals surface area contributed by atoms with E-state index in [9.17, 15) is 21.6 Å². The average molecular weight is 551 g/mol. The molecule has 0 aliphatic carbocycles. The Morgan fingerprint density at radius 1 is 1.10 bits per heavy atom. The van der Waals surface area contributed by atoms with Crippen LogP contribution in [0.25, 0.3) is 0 Å². The number of halogens is 4. The van der Waals surface area contributed by atoms with Crippen LogP contribution in [-0.2, 0) is 16.4 Å². The van der Waals surface area contributed by atoms with Crippen LogP contribution >= 0.6 is 24.0 Å². The smallest absolute Gasteiger partial charge is 0.422 e. The van der Waals surface area contributed by atoms with Gasteiger partial charge in [0.05, 0.1) is 17.0 Å². The molecule has 0 bridgehead atoms. The number of hydrogen-bond donors (Lipinski definition) is 2. The first-order valence-corrected chi connectivity index (χ1v) is 10.5.